The van der Waals surface area contributed by atoms with Gasteiger partial charge in [-0.3, -0.25) is 0 Å². The van der Waals surface area contributed by atoms with Crippen LogP contribution in [0.1, 0.15) is 45.2 Å². The molecule has 0 saturated heterocycles. The third-order valence-corrected chi connectivity index (χ3v) is 3.69. The second-order valence-electron chi connectivity index (χ2n) is 5.74. The molecule has 1 aromatic carbocycles. The van der Waals surface area contributed by atoms with Crippen molar-refractivity contribution < 1.29 is 10.2 Å². The molecule has 1 unspecified atom stereocenters. The van der Waals surface area contributed by atoms with Crippen LogP contribution in [-0.2, 0) is 0 Å². The van der Waals surface area contributed by atoms with E-state index in [4.69, 9.17) is 0 Å². The van der Waals surface area contributed by atoms with Crippen molar-refractivity contribution in [3.63, 3.8) is 0 Å². The predicted molar refractivity (Wildman–Crippen MR) is 83.2 cm³/mol. The lowest BCUT2D eigenvalue weighted by Crippen LogP contribution is -2.28. The van der Waals surface area contributed by atoms with Gasteiger partial charge in [0, 0.05) is 18.2 Å². The molecule has 4 heteroatoms. The van der Waals surface area contributed by atoms with E-state index in [9.17, 15) is 10.2 Å². The van der Waals surface area contributed by atoms with Crippen LogP contribution in [0.3, 0.4) is 0 Å². The largest absolute Gasteiger partial charge is 0.508 e. The number of aromatic hydroxyl groups is 2. The van der Waals surface area contributed by atoms with Crippen molar-refractivity contribution in [1.82, 2.24) is 10.2 Å². The molecule has 0 aliphatic carbocycles. The van der Waals surface area contributed by atoms with Crippen LogP contribution in [0.25, 0.3) is 0 Å². The van der Waals surface area contributed by atoms with Gasteiger partial charge >= 0.3 is 0 Å². The Hall–Kier alpha value is -1.26. The van der Waals surface area contributed by atoms with Crippen molar-refractivity contribution in [3.05, 3.63) is 23.8 Å². The van der Waals surface area contributed by atoms with E-state index in [-0.39, 0.29) is 17.5 Å². The van der Waals surface area contributed by atoms with Gasteiger partial charge < -0.3 is 20.4 Å². The van der Waals surface area contributed by atoms with Gasteiger partial charge in [-0.15, -0.1) is 0 Å². The van der Waals surface area contributed by atoms with Gasteiger partial charge in [0.15, 0.2) is 0 Å². The fourth-order valence-corrected chi connectivity index (χ4v) is 2.05. The highest BCUT2D eigenvalue weighted by Crippen LogP contribution is 2.24. The third-order valence-electron chi connectivity index (χ3n) is 3.69. The van der Waals surface area contributed by atoms with Crippen LogP contribution in [0, 0.1) is 0 Å². The molecule has 0 spiro atoms. The average molecular weight is 280 g/mol. The maximum atomic E-state index is 9.47. The van der Waals surface area contributed by atoms with Crippen LogP contribution >= 0.6 is 0 Å². The predicted octanol–water partition coefficient (Wildman–Crippen LogP) is 2.87. The molecule has 114 valence electrons. The molecule has 0 amide bonds. The first-order valence-electron chi connectivity index (χ1n) is 7.36. The third kappa shape index (κ3) is 5.80. The average Bonchev–Trinajstić information content (AvgIpc) is 2.36. The number of nitrogens with one attached hydrogen (secondary N) is 1. The number of rotatable bonds is 8. The summed E-state index contributed by atoms with van der Waals surface area (Å²) in [5, 5.41) is 22.4. The molecule has 0 aromatic heterocycles. The summed E-state index contributed by atoms with van der Waals surface area (Å²) in [7, 11) is 2.15. The Morgan fingerprint density at radius 2 is 1.65 bits per heavy atom. The Kier molecular flexibility index (Phi) is 6.82. The topological polar surface area (TPSA) is 55.7 Å². The van der Waals surface area contributed by atoms with Crippen molar-refractivity contribution in [3.8, 4) is 11.5 Å². The van der Waals surface area contributed by atoms with Gasteiger partial charge in [0.05, 0.1) is 0 Å². The lowest BCUT2D eigenvalue weighted by molar-refractivity contribution is 0.267. The Balaban J connectivity index is 2.28. The Labute approximate surface area is 122 Å². The van der Waals surface area contributed by atoms with Crippen molar-refractivity contribution in [2.75, 3.05) is 20.1 Å². The van der Waals surface area contributed by atoms with Crippen molar-refractivity contribution in [2.45, 2.75) is 45.7 Å². The second-order valence-corrected chi connectivity index (χ2v) is 5.74. The smallest absolute Gasteiger partial charge is 0.119 e. The van der Waals surface area contributed by atoms with Gasteiger partial charge in [-0.1, -0.05) is 0 Å². The number of hydrogen-bond acceptors (Lipinski definition) is 4. The van der Waals surface area contributed by atoms with Gasteiger partial charge in [0.1, 0.15) is 11.5 Å². The summed E-state index contributed by atoms with van der Waals surface area (Å²) in [6.45, 7) is 8.49. The maximum Gasteiger partial charge on any atom is 0.119 e. The molecule has 1 rings (SSSR count). The highest BCUT2D eigenvalue weighted by molar-refractivity contribution is 5.37. The zero-order valence-corrected chi connectivity index (χ0v) is 13.1. The molecule has 0 bridgehead atoms. The number of phenolic OH excluding ortho intramolecular Hbond substituents is 2. The summed E-state index contributed by atoms with van der Waals surface area (Å²) in [5.41, 5.74) is 0.904. The van der Waals surface area contributed by atoms with Crippen molar-refractivity contribution in [2.24, 2.45) is 0 Å². The van der Waals surface area contributed by atoms with Crippen molar-refractivity contribution >= 4 is 0 Å². The van der Waals surface area contributed by atoms with Gasteiger partial charge in [0.2, 0.25) is 0 Å². The van der Waals surface area contributed by atoms with Crippen molar-refractivity contribution in [1.29, 1.82) is 0 Å². The monoisotopic (exact) mass is 280 g/mol. The minimum atomic E-state index is 0.104. The first-order valence-corrected chi connectivity index (χ1v) is 7.36. The fraction of sp³-hybridized carbons (Fsp3) is 0.625. The van der Waals surface area contributed by atoms with E-state index in [0.29, 0.717) is 6.04 Å². The zero-order chi connectivity index (χ0) is 15.1. The van der Waals surface area contributed by atoms with E-state index in [1.807, 2.05) is 6.92 Å². The zero-order valence-electron chi connectivity index (χ0n) is 13.1. The van der Waals surface area contributed by atoms with Gasteiger partial charge in [-0.05, 0) is 71.4 Å². The van der Waals surface area contributed by atoms with E-state index >= 15 is 0 Å². The van der Waals surface area contributed by atoms with E-state index in [0.717, 1.165) is 25.1 Å². The van der Waals surface area contributed by atoms with Gasteiger partial charge in [-0.25, -0.2) is 0 Å². The molecule has 4 nitrogen and oxygen atoms in total. The maximum absolute atomic E-state index is 9.47. The van der Waals surface area contributed by atoms with Crippen LogP contribution < -0.4 is 5.32 Å². The second kappa shape index (κ2) is 8.12. The first kappa shape index (κ1) is 16.8. The van der Waals surface area contributed by atoms with Gasteiger partial charge in [0.25, 0.3) is 0 Å². The normalized spacial score (nSPS) is 13.1. The quantitative estimate of drug-likeness (QED) is 0.641. The highest BCUT2D eigenvalue weighted by Gasteiger charge is 2.07. The van der Waals surface area contributed by atoms with Crippen LogP contribution in [0.4, 0.5) is 0 Å². The van der Waals surface area contributed by atoms with E-state index in [2.05, 4.69) is 31.1 Å². The number of nitrogens with zero attached hydrogens (tertiary/aromatic N) is 1. The van der Waals surface area contributed by atoms with Crippen LogP contribution in [-0.4, -0.2) is 41.3 Å². The SMILES string of the molecule is CC(NCCCCN(C)C(C)C)c1cc(O)cc(O)c1. The molecule has 0 aliphatic rings. The van der Waals surface area contributed by atoms with E-state index in [1.165, 1.54) is 12.5 Å². The Morgan fingerprint density at radius 3 is 2.20 bits per heavy atom. The number of phenols is 2. The molecule has 0 heterocycles. The fourth-order valence-electron chi connectivity index (χ4n) is 2.05. The van der Waals surface area contributed by atoms with Crippen LogP contribution in [0.2, 0.25) is 0 Å². The molecular formula is C16H28N2O2. The molecule has 0 radical (unpaired) electrons. The lowest BCUT2D eigenvalue weighted by atomic mass is 10.1. The van der Waals surface area contributed by atoms with Crippen LogP contribution in [0.15, 0.2) is 18.2 Å². The minimum Gasteiger partial charge on any atom is -0.508 e. The Morgan fingerprint density at radius 1 is 1.05 bits per heavy atom. The molecule has 1 atom stereocenters. The summed E-state index contributed by atoms with van der Waals surface area (Å²) in [6, 6.07) is 5.43. The summed E-state index contributed by atoms with van der Waals surface area (Å²) in [6.07, 6.45) is 2.28. The lowest BCUT2D eigenvalue weighted by Gasteiger charge is -2.21. The Bertz CT molecular complexity index is 387. The summed E-state index contributed by atoms with van der Waals surface area (Å²) in [4.78, 5) is 2.34. The summed E-state index contributed by atoms with van der Waals surface area (Å²) < 4.78 is 0. The molecule has 3 N–H and O–H groups in total. The standard InChI is InChI=1S/C16H28N2O2/c1-12(2)18(4)8-6-5-7-17-13(3)14-9-15(19)11-16(20)10-14/h9-13,17,19-20H,5-8H2,1-4H3. The van der Waals surface area contributed by atoms with Gasteiger partial charge in [-0.2, -0.15) is 0 Å². The number of benzene rings is 1. The number of unbranched alkanes of at least 4 members (excludes halogenated alkanes) is 1. The van der Waals surface area contributed by atoms with E-state index < -0.39 is 0 Å². The van der Waals surface area contributed by atoms with E-state index in [1.54, 1.807) is 12.1 Å². The molecule has 0 fully saturated rings. The number of hydrogen-bond donors (Lipinski definition) is 3. The highest BCUT2D eigenvalue weighted by atomic mass is 16.3. The van der Waals surface area contributed by atoms with Crippen LogP contribution in [0.5, 0.6) is 11.5 Å². The summed E-state index contributed by atoms with van der Waals surface area (Å²) >= 11 is 0. The molecule has 1 aromatic rings. The molecule has 20 heavy (non-hydrogen) atoms. The molecular weight excluding hydrogens is 252 g/mol. The molecule has 0 aliphatic heterocycles. The first-order chi connectivity index (χ1) is 9.40. The minimum absolute atomic E-state index is 0.104. The summed E-state index contributed by atoms with van der Waals surface area (Å²) in [5.74, 6) is 0.208. The molecule has 0 saturated carbocycles.